The molecule has 19 heavy (non-hydrogen) atoms. The second-order valence-electron chi connectivity index (χ2n) is 6.73. The van der Waals surface area contributed by atoms with Crippen LogP contribution >= 0.6 is 11.6 Å². The second kappa shape index (κ2) is 6.23. The van der Waals surface area contributed by atoms with Crippen LogP contribution in [0.15, 0.2) is 18.3 Å². The third kappa shape index (κ3) is 4.19. The number of aromatic nitrogens is 1. The fraction of sp³-hybridized carbons (Fsp3) is 0.688. The Morgan fingerprint density at radius 1 is 1.32 bits per heavy atom. The van der Waals surface area contributed by atoms with Gasteiger partial charge in [-0.2, -0.15) is 0 Å². The van der Waals surface area contributed by atoms with Crippen molar-refractivity contribution in [1.29, 1.82) is 0 Å². The summed E-state index contributed by atoms with van der Waals surface area (Å²) in [5.74, 6) is 0.763. The van der Waals surface area contributed by atoms with Gasteiger partial charge in [-0.05, 0) is 41.9 Å². The van der Waals surface area contributed by atoms with E-state index in [4.69, 9.17) is 11.6 Å². The Labute approximate surface area is 122 Å². The molecular weight excluding hydrogens is 256 g/mol. The molecule has 3 heteroatoms. The summed E-state index contributed by atoms with van der Waals surface area (Å²) in [7, 11) is 0. The van der Waals surface area contributed by atoms with Crippen molar-refractivity contribution < 1.29 is 0 Å². The molecule has 0 aromatic carbocycles. The highest BCUT2D eigenvalue weighted by atomic mass is 35.5. The Morgan fingerprint density at radius 2 is 2.05 bits per heavy atom. The molecule has 2 unspecified atom stereocenters. The van der Waals surface area contributed by atoms with Crippen LogP contribution in [0, 0.1) is 11.3 Å². The van der Waals surface area contributed by atoms with Crippen LogP contribution in [0.2, 0.25) is 5.15 Å². The molecule has 0 amide bonds. The first-order chi connectivity index (χ1) is 8.97. The summed E-state index contributed by atoms with van der Waals surface area (Å²) in [5.41, 5.74) is 1.60. The molecule has 0 bridgehead atoms. The maximum absolute atomic E-state index is 5.93. The van der Waals surface area contributed by atoms with Crippen LogP contribution in [-0.4, -0.2) is 11.0 Å². The molecule has 0 saturated heterocycles. The lowest BCUT2D eigenvalue weighted by atomic mass is 9.69. The summed E-state index contributed by atoms with van der Waals surface area (Å²) in [5, 5.41) is 4.31. The van der Waals surface area contributed by atoms with E-state index in [2.05, 4.69) is 31.1 Å². The molecule has 2 nitrogen and oxygen atoms in total. The minimum absolute atomic E-state index is 0.383. The zero-order chi connectivity index (χ0) is 13.9. The molecule has 1 aromatic rings. The maximum atomic E-state index is 5.93. The average molecular weight is 281 g/mol. The first kappa shape index (κ1) is 14.8. The molecule has 1 saturated carbocycles. The zero-order valence-electron chi connectivity index (χ0n) is 12.2. The van der Waals surface area contributed by atoms with Crippen molar-refractivity contribution in [1.82, 2.24) is 10.3 Å². The maximum Gasteiger partial charge on any atom is 0.129 e. The number of hydrogen-bond donors (Lipinski definition) is 1. The van der Waals surface area contributed by atoms with Gasteiger partial charge in [-0.3, -0.25) is 0 Å². The van der Waals surface area contributed by atoms with Crippen molar-refractivity contribution in [3.8, 4) is 0 Å². The molecule has 1 N–H and O–H groups in total. The number of halogens is 1. The van der Waals surface area contributed by atoms with E-state index in [1.165, 1.54) is 31.2 Å². The van der Waals surface area contributed by atoms with Gasteiger partial charge in [0.15, 0.2) is 0 Å². The van der Waals surface area contributed by atoms with Gasteiger partial charge in [0.1, 0.15) is 5.15 Å². The van der Waals surface area contributed by atoms with Gasteiger partial charge in [0.25, 0.3) is 0 Å². The first-order valence-corrected chi connectivity index (χ1v) is 7.68. The minimum atomic E-state index is 0.383. The highest BCUT2D eigenvalue weighted by Crippen LogP contribution is 2.38. The molecule has 0 spiro atoms. The molecule has 1 heterocycles. The van der Waals surface area contributed by atoms with Crippen molar-refractivity contribution in [2.75, 3.05) is 0 Å². The fourth-order valence-corrected chi connectivity index (χ4v) is 3.41. The van der Waals surface area contributed by atoms with Gasteiger partial charge in [0.2, 0.25) is 0 Å². The van der Waals surface area contributed by atoms with E-state index in [-0.39, 0.29) is 0 Å². The fourth-order valence-electron chi connectivity index (χ4n) is 3.21. The molecule has 1 aromatic heterocycles. The Kier molecular flexibility index (Phi) is 4.86. The summed E-state index contributed by atoms with van der Waals surface area (Å²) < 4.78 is 0. The largest absolute Gasteiger partial charge is 0.310 e. The van der Waals surface area contributed by atoms with Crippen LogP contribution < -0.4 is 5.32 Å². The highest BCUT2D eigenvalue weighted by molar-refractivity contribution is 6.29. The van der Waals surface area contributed by atoms with Crippen molar-refractivity contribution in [2.45, 2.75) is 59.0 Å². The molecule has 106 valence electrons. The third-order valence-corrected chi connectivity index (χ3v) is 4.44. The van der Waals surface area contributed by atoms with Crippen molar-refractivity contribution in [3.63, 3.8) is 0 Å². The quantitative estimate of drug-likeness (QED) is 0.829. The molecular formula is C16H25ClN2. The summed E-state index contributed by atoms with van der Waals surface area (Å²) in [6.07, 6.45) is 7.14. The Hall–Kier alpha value is -0.600. The lowest BCUT2D eigenvalue weighted by Crippen LogP contribution is -2.43. The summed E-state index contributed by atoms with van der Waals surface area (Å²) in [6, 6.07) is 4.61. The van der Waals surface area contributed by atoms with Crippen molar-refractivity contribution in [2.24, 2.45) is 11.3 Å². The lowest BCUT2D eigenvalue weighted by Gasteiger charge is -2.41. The first-order valence-electron chi connectivity index (χ1n) is 7.30. The van der Waals surface area contributed by atoms with Gasteiger partial charge < -0.3 is 5.32 Å². The number of hydrogen-bond acceptors (Lipinski definition) is 2. The van der Waals surface area contributed by atoms with E-state index in [9.17, 15) is 0 Å². The van der Waals surface area contributed by atoms with Crippen LogP contribution in [0.4, 0.5) is 0 Å². The smallest absolute Gasteiger partial charge is 0.129 e. The molecule has 2 rings (SSSR count). The van der Waals surface area contributed by atoms with Crippen LogP contribution in [0.1, 0.15) is 52.0 Å². The average Bonchev–Trinajstić information content (AvgIpc) is 2.36. The summed E-state index contributed by atoms with van der Waals surface area (Å²) >= 11 is 5.93. The second-order valence-corrected chi connectivity index (χ2v) is 7.12. The van der Waals surface area contributed by atoms with Crippen LogP contribution in [0.3, 0.4) is 0 Å². The summed E-state index contributed by atoms with van der Waals surface area (Å²) in [4.78, 5) is 4.03. The predicted octanol–water partition coefficient (Wildman–Crippen LogP) is 4.43. The normalized spacial score (nSPS) is 24.4. The standard InChI is InChI=1S/C16H25ClN2/c1-16(2,3)13-6-4-5-7-14(13)19-11-12-8-9-18-15(17)10-12/h8-10,13-14,19H,4-7,11H2,1-3H3. The van der Waals surface area contributed by atoms with Crippen LogP contribution in [0.5, 0.6) is 0 Å². The molecule has 1 aliphatic rings. The number of nitrogens with one attached hydrogen (secondary N) is 1. The lowest BCUT2D eigenvalue weighted by molar-refractivity contribution is 0.130. The van der Waals surface area contributed by atoms with E-state index in [1.54, 1.807) is 6.20 Å². The van der Waals surface area contributed by atoms with E-state index < -0.39 is 0 Å². The Bertz CT molecular complexity index is 411. The highest BCUT2D eigenvalue weighted by Gasteiger charge is 2.33. The minimum Gasteiger partial charge on any atom is -0.310 e. The molecule has 1 fully saturated rings. The molecule has 2 atom stereocenters. The number of nitrogens with zero attached hydrogens (tertiary/aromatic N) is 1. The van der Waals surface area contributed by atoms with E-state index in [1.807, 2.05) is 12.1 Å². The molecule has 0 radical (unpaired) electrons. The van der Waals surface area contributed by atoms with Gasteiger partial charge >= 0.3 is 0 Å². The van der Waals surface area contributed by atoms with Gasteiger partial charge in [0.05, 0.1) is 0 Å². The number of pyridine rings is 1. The van der Waals surface area contributed by atoms with E-state index >= 15 is 0 Å². The van der Waals surface area contributed by atoms with Gasteiger partial charge in [0, 0.05) is 18.8 Å². The van der Waals surface area contributed by atoms with Gasteiger partial charge in [-0.1, -0.05) is 45.2 Å². The predicted molar refractivity (Wildman–Crippen MR) is 81.3 cm³/mol. The third-order valence-electron chi connectivity index (χ3n) is 4.24. The van der Waals surface area contributed by atoms with Crippen LogP contribution in [-0.2, 0) is 6.54 Å². The molecule has 1 aliphatic carbocycles. The molecule has 0 aliphatic heterocycles. The van der Waals surface area contributed by atoms with Gasteiger partial charge in [-0.15, -0.1) is 0 Å². The van der Waals surface area contributed by atoms with Gasteiger partial charge in [-0.25, -0.2) is 4.98 Å². The number of rotatable bonds is 3. The van der Waals surface area contributed by atoms with Crippen molar-refractivity contribution >= 4 is 11.6 Å². The zero-order valence-corrected chi connectivity index (χ0v) is 13.0. The van der Waals surface area contributed by atoms with E-state index in [0.717, 1.165) is 12.5 Å². The Balaban J connectivity index is 1.97. The summed E-state index contributed by atoms with van der Waals surface area (Å²) in [6.45, 7) is 7.97. The Morgan fingerprint density at radius 3 is 2.74 bits per heavy atom. The topological polar surface area (TPSA) is 24.9 Å². The SMILES string of the molecule is CC(C)(C)C1CCCCC1NCc1ccnc(Cl)c1. The van der Waals surface area contributed by atoms with Crippen LogP contribution in [0.25, 0.3) is 0 Å². The van der Waals surface area contributed by atoms with Crippen molar-refractivity contribution in [3.05, 3.63) is 29.0 Å². The van der Waals surface area contributed by atoms with E-state index in [0.29, 0.717) is 16.6 Å². The monoisotopic (exact) mass is 280 g/mol.